The van der Waals surface area contributed by atoms with E-state index in [1.807, 2.05) is 6.92 Å². The van der Waals surface area contributed by atoms with Gasteiger partial charge in [-0.3, -0.25) is 9.48 Å². The van der Waals surface area contributed by atoms with E-state index < -0.39 is 0 Å². The number of halogens is 1. The van der Waals surface area contributed by atoms with E-state index in [0.717, 1.165) is 55.5 Å². The molecule has 170 valence electrons. The molecule has 1 aromatic heterocycles. The molecule has 0 atom stereocenters. The first-order chi connectivity index (χ1) is 14.5. The summed E-state index contributed by atoms with van der Waals surface area (Å²) in [6.45, 7) is 11.3. The number of carbonyl (C=O) groups is 1. The summed E-state index contributed by atoms with van der Waals surface area (Å²) in [5.74, 6) is 0.900. The van der Waals surface area contributed by atoms with Crippen molar-refractivity contribution in [1.82, 2.24) is 25.7 Å². The van der Waals surface area contributed by atoms with E-state index in [0.29, 0.717) is 19.6 Å². The Morgan fingerprint density at radius 1 is 1.23 bits per heavy atom. The van der Waals surface area contributed by atoms with Crippen LogP contribution >= 0.6 is 24.0 Å². The van der Waals surface area contributed by atoms with Crippen LogP contribution in [0.1, 0.15) is 30.3 Å². The topological polar surface area (TPSA) is 86.6 Å². The Balaban J connectivity index is 0.00000341. The van der Waals surface area contributed by atoms with Crippen LogP contribution in [0.2, 0.25) is 0 Å². The standard InChI is InChI=1S/C22H33N7O.HI/c1-4-23-22(25-10-5-12-29-18(3)14-17(2)27-29)26-15-19-6-8-20(9-7-19)28-13-11-24-21(30)16-28;/h6-9,14H,4-5,10-13,15-16H2,1-3H3,(H,24,30)(H2,23,25,26);1H. The maximum absolute atomic E-state index is 11.6. The van der Waals surface area contributed by atoms with Gasteiger partial charge in [0.05, 0.1) is 18.8 Å². The molecule has 2 aromatic rings. The van der Waals surface area contributed by atoms with Gasteiger partial charge >= 0.3 is 0 Å². The Hall–Kier alpha value is -2.30. The van der Waals surface area contributed by atoms with E-state index in [4.69, 9.17) is 4.99 Å². The average molecular weight is 539 g/mol. The molecule has 1 aliphatic rings. The van der Waals surface area contributed by atoms with E-state index in [1.165, 1.54) is 5.69 Å². The highest BCUT2D eigenvalue weighted by molar-refractivity contribution is 14.0. The van der Waals surface area contributed by atoms with Crippen molar-refractivity contribution < 1.29 is 4.79 Å². The monoisotopic (exact) mass is 539 g/mol. The lowest BCUT2D eigenvalue weighted by atomic mass is 10.2. The maximum atomic E-state index is 11.6. The van der Waals surface area contributed by atoms with Gasteiger partial charge in [0.15, 0.2) is 5.96 Å². The number of benzene rings is 1. The molecule has 3 rings (SSSR count). The highest BCUT2D eigenvalue weighted by Gasteiger charge is 2.16. The van der Waals surface area contributed by atoms with Gasteiger partial charge in [-0.15, -0.1) is 24.0 Å². The van der Waals surface area contributed by atoms with Crippen LogP contribution in [0.5, 0.6) is 0 Å². The molecule has 8 nitrogen and oxygen atoms in total. The number of carbonyl (C=O) groups excluding carboxylic acids is 1. The number of rotatable bonds is 8. The Morgan fingerprint density at radius 3 is 2.65 bits per heavy atom. The highest BCUT2D eigenvalue weighted by atomic mass is 127. The lowest BCUT2D eigenvalue weighted by Crippen LogP contribution is -2.47. The predicted molar refractivity (Wildman–Crippen MR) is 136 cm³/mol. The van der Waals surface area contributed by atoms with Crippen molar-refractivity contribution in [3.8, 4) is 0 Å². The Kier molecular flexibility index (Phi) is 10.1. The molecule has 0 unspecified atom stereocenters. The van der Waals surface area contributed by atoms with E-state index >= 15 is 0 Å². The number of guanidine groups is 1. The van der Waals surface area contributed by atoms with Crippen molar-refractivity contribution in [2.75, 3.05) is 37.6 Å². The fraction of sp³-hybridized carbons (Fsp3) is 0.500. The zero-order valence-corrected chi connectivity index (χ0v) is 21.0. The summed E-state index contributed by atoms with van der Waals surface area (Å²) in [5.41, 5.74) is 4.47. The SMILES string of the molecule is CCNC(=NCc1ccc(N2CCNC(=O)C2)cc1)NCCCn1nc(C)cc1C.I. The summed E-state index contributed by atoms with van der Waals surface area (Å²) >= 11 is 0. The summed E-state index contributed by atoms with van der Waals surface area (Å²) in [6, 6.07) is 10.4. The van der Waals surface area contributed by atoms with Gasteiger partial charge < -0.3 is 20.9 Å². The predicted octanol–water partition coefficient (Wildman–Crippen LogP) is 2.20. The van der Waals surface area contributed by atoms with Crippen LogP contribution in [0.25, 0.3) is 0 Å². The molecule has 2 heterocycles. The molecule has 0 aliphatic carbocycles. The molecule has 1 aliphatic heterocycles. The van der Waals surface area contributed by atoms with Gasteiger partial charge in [-0.05, 0) is 51.0 Å². The summed E-state index contributed by atoms with van der Waals surface area (Å²) in [4.78, 5) is 18.4. The molecular formula is C22H34IN7O. The van der Waals surface area contributed by atoms with Crippen molar-refractivity contribution >= 4 is 41.5 Å². The lowest BCUT2D eigenvalue weighted by Gasteiger charge is -2.28. The smallest absolute Gasteiger partial charge is 0.239 e. The fourth-order valence-electron chi connectivity index (χ4n) is 3.52. The number of amides is 1. The number of hydrogen-bond donors (Lipinski definition) is 3. The molecule has 0 bridgehead atoms. The van der Waals surface area contributed by atoms with E-state index in [1.54, 1.807) is 0 Å². The molecule has 0 spiro atoms. The van der Waals surface area contributed by atoms with Crippen LogP contribution in [-0.2, 0) is 17.9 Å². The zero-order valence-electron chi connectivity index (χ0n) is 18.6. The molecule has 31 heavy (non-hydrogen) atoms. The largest absolute Gasteiger partial charge is 0.360 e. The second-order valence-electron chi connectivity index (χ2n) is 7.56. The Labute approximate surface area is 201 Å². The Morgan fingerprint density at radius 2 is 2.00 bits per heavy atom. The van der Waals surface area contributed by atoms with Gasteiger partial charge in [0, 0.05) is 44.1 Å². The van der Waals surface area contributed by atoms with Crippen LogP contribution < -0.4 is 20.9 Å². The molecule has 1 amide bonds. The number of aromatic nitrogens is 2. The second kappa shape index (κ2) is 12.5. The number of aliphatic imine (C=N–C) groups is 1. The quantitative estimate of drug-likeness (QED) is 0.207. The van der Waals surface area contributed by atoms with Gasteiger partial charge in [0.2, 0.25) is 5.91 Å². The highest BCUT2D eigenvalue weighted by Crippen LogP contribution is 2.16. The Bertz CT molecular complexity index is 863. The summed E-state index contributed by atoms with van der Waals surface area (Å²) in [6.07, 6.45) is 0.977. The minimum atomic E-state index is 0. The van der Waals surface area contributed by atoms with Crippen LogP contribution in [0, 0.1) is 13.8 Å². The van der Waals surface area contributed by atoms with Crippen molar-refractivity contribution in [2.45, 2.75) is 40.3 Å². The molecule has 0 saturated carbocycles. The summed E-state index contributed by atoms with van der Waals surface area (Å²) < 4.78 is 2.05. The first-order valence-electron chi connectivity index (χ1n) is 10.7. The van der Waals surface area contributed by atoms with Crippen molar-refractivity contribution in [3.63, 3.8) is 0 Å². The molecule has 1 fully saturated rings. The fourth-order valence-corrected chi connectivity index (χ4v) is 3.52. The molecule has 9 heteroatoms. The average Bonchev–Trinajstić information content (AvgIpc) is 3.06. The van der Waals surface area contributed by atoms with E-state index in [9.17, 15) is 4.79 Å². The molecule has 0 radical (unpaired) electrons. The minimum Gasteiger partial charge on any atom is -0.360 e. The zero-order chi connectivity index (χ0) is 21.3. The normalized spacial score (nSPS) is 14.1. The van der Waals surface area contributed by atoms with Gasteiger partial charge in [-0.25, -0.2) is 4.99 Å². The van der Waals surface area contributed by atoms with Crippen LogP contribution in [0.15, 0.2) is 35.3 Å². The van der Waals surface area contributed by atoms with Crippen molar-refractivity contribution in [2.24, 2.45) is 4.99 Å². The van der Waals surface area contributed by atoms with Gasteiger partial charge in [-0.1, -0.05) is 12.1 Å². The van der Waals surface area contributed by atoms with E-state index in [-0.39, 0.29) is 29.9 Å². The van der Waals surface area contributed by atoms with Crippen molar-refractivity contribution in [3.05, 3.63) is 47.3 Å². The molecular weight excluding hydrogens is 505 g/mol. The van der Waals surface area contributed by atoms with Gasteiger partial charge in [0.25, 0.3) is 0 Å². The molecule has 1 aromatic carbocycles. The maximum Gasteiger partial charge on any atom is 0.239 e. The number of aryl methyl sites for hydroxylation is 3. The number of hydrogen-bond acceptors (Lipinski definition) is 4. The second-order valence-corrected chi connectivity index (χ2v) is 7.56. The van der Waals surface area contributed by atoms with Gasteiger partial charge in [-0.2, -0.15) is 5.10 Å². The third kappa shape index (κ3) is 7.71. The van der Waals surface area contributed by atoms with E-state index in [2.05, 4.69) is 74.8 Å². The molecule has 1 saturated heterocycles. The third-order valence-electron chi connectivity index (χ3n) is 5.05. The number of anilines is 1. The summed E-state index contributed by atoms with van der Waals surface area (Å²) in [5, 5.41) is 14.1. The van der Waals surface area contributed by atoms with Crippen LogP contribution in [0.4, 0.5) is 5.69 Å². The number of piperazine rings is 1. The minimum absolute atomic E-state index is 0. The van der Waals surface area contributed by atoms with Crippen molar-refractivity contribution in [1.29, 1.82) is 0 Å². The first kappa shape index (κ1) is 25.0. The molecule has 3 N–H and O–H groups in total. The lowest BCUT2D eigenvalue weighted by molar-refractivity contribution is -0.120. The van der Waals surface area contributed by atoms with Gasteiger partial charge in [0.1, 0.15) is 0 Å². The van der Waals surface area contributed by atoms with Crippen LogP contribution in [-0.4, -0.2) is 54.4 Å². The first-order valence-corrected chi connectivity index (χ1v) is 10.7. The third-order valence-corrected chi connectivity index (χ3v) is 5.05. The number of nitrogens with one attached hydrogen (secondary N) is 3. The number of nitrogens with zero attached hydrogens (tertiary/aromatic N) is 4. The summed E-state index contributed by atoms with van der Waals surface area (Å²) in [7, 11) is 0. The van der Waals surface area contributed by atoms with Crippen LogP contribution in [0.3, 0.4) is 0 Å².